The van der Waals surface area contributed by atoms with Gasteiger partial charge in [0.1, 0.15) is 12.2 Å². The number of carboxylic acids is 1. The second-order valence-corrected chi connectivity index (χ2v) is 16.4. The van der Waals surface area contributed by atoms with Gasteiger partial charge in [0, 0.05) is 12.2 Å². The van der Waals surface area contributed by atoms with Gasteiger partial charge >= 0.3 is 17.9 Å². The van der Waals surface area contributed by atoms with E-state index in [1.807, 2.05) is 26.0 Å². The molecule has 55 heavy (non-hydrogen) atoms. The monoisotopic (exact) mass is 758 g/mol. The van der Waals surface area contributed by atoms with Crippen LogP contribution in [0.4, 0.5) is 0 Å². The zero-order valence-corrected chi connectivity index (χ0v) is 34.3. The quantitative estimate of drug-likeness (QED) is 0.0954. The van der Waals surface area contributed by atoms with Gasteiger partial charge in [-0.1, -0.05) is 111 Å². The van der Waals surface area contributed by atoms with Crippen molar-refractivity contribution in [2.24, 2.45) is 10.8 Å². The fraction of sp³-hybridized carbons (Fsp3) is 0.500. The number of hydrogen-bond donors (Lipinski definition) is 3. The average molecular weight is 759 g/mol. The Hall–Kier alpha value is -4.31. The van der Waals surface area contributed by atoms with Gasteiger partial charge < -0.3 is 29.5 Å². The van der Waals surface area contributed by atoms with Crippen molar-refractivity contribution in [3.63, 3.8) is 0 Å². The third-order valence-corrected chi connectivity index (χ3v) is 10.5. The number of carbonyl (C=O) groups is 3. The predicted molar refractivity (Wildman–Crippen MR) is 217 cm³/mol. The molecule has 1 fully saturated rings. The van der Waals surface area contributed by atoms with Crippen molar-refractivity contribution < 1.29 is 43.9 Å². The Morgan fingerprint density at radius 1 is 0.673 bits per heavy atom. The molecule has 0 aromatic heterocycles. The lowest BCUT2D eigenvalue weighted by Crippen LogP contribution is -2.61. The maximum absolute atomic E-state index is 12.9. The first-order valence-corrected chi connectivity index (χ1v) is 19.2. The number of rotatable bonds is 13. The van der Waals surface area contributed by atoms with E-state index in [4.69, 9.17) is 14.2 Å². The number of aliphatic carboxylic acids is 1. The van der Waals surface area contributed by atoms with E-state index in [0.29, 0.717) is 11.1 Å². The Bertz CT molecular complexity index is 1750. The van der Waals surface area contributed by atoms with E-state index in [9.17, 15) is 29.7 Å². The smallest absolute Gasteiger partial charge is 0.335 e. The van der Waals surface area contributed by atoms with Crippen LogP contribution in [0, 0.1) is 10.8 Å². The molecule has 5 atom stereocenters. The zero-order chi connectivity index (χ0) is 41.1. The molecule has 0 aromatic rings. The van der Waals surface area contributed by atoms with Crippen LogP contribution in [0.15, 0.2) is 117 Å². The summed E-state index contributed by atoms with van der Waals surface area (Å²) in [5.74, 6) is -3.42. The van der Waals surface area contributed by atoms with E-state index in [1.54, 1.807) is 38.2 Å². The highest BCUT2D eigenvalue weighted by atomic mass is 16.7. The van der Waals surface area contributed by atoms with E-state index < -0.39 is 48.6 Å². The molecule has 0 saturated carbocycles. The summed E-state index contributed by atoms with van der Waals surface area (Å²) in [6.07, 6.45) is 19.3. The topological polar surface area (TPSA) is 140 Å². The second kappa shape index (κ2) is 20.0. The minimum Gasteiger partial charge on any atom is -0.479 e. The lowest BCUT2D eigenvalue weighted by molar-refractivity contribution is -0.287. The van der Waals surface area contributed by atoms with Crippen molar-refractivity contribution in [2.75, 3.05) is 0 Å². The van der Waals surface area contributed by atoms with Gasteiger partial charge in [-0.2, -0.15) is 0 Å². The highest BCUT2D eigenvalue weighted by molar-refractivity contribution is 5.84. The van der Waals surface area contributed by atoms with Crippen molar-refractivity contribution in [1.82, 2.24) is 0 Å². The number of aliphatic hydroxyl groups excluding tert-OH is 2. The molecule has 3 aliphatic rings. The van der Waals surface area contributed by atoms with E-state index in [0.717, 1.165) is 42.9 Å². The third kappa shape index (κ3) is 13.4. The molecule has 0 aromatic carbocycles. The maximum Gasteiger partial charge on any atom is 0.335 e. The Kier molecular flexibility index (Phi) is 16.4. The molecular formula is C46H62O9. The van der Waals surface area contributed by atoms with Gasteiger partial charge in [0.2, 0.25) is 6.29 Å². The Balaban J connectivity index is 1.67. The van der Waals surface area contributed by atoms with Crippen molar-refractivity contribution in [3.8, 4) is 0 Å². The van der Waals surface area contributed by atoms with E-state index in [1.165, 1.54) is 41.2 Å². The second-order valence-electron chi connectivity index (χ2n) is 16.4. The summed E-state index contributed by atoms with van der Waals surface area (Å²) in [4.78, 5) is 37.6. The number of allylic oxidation sites excluding steroid dienone is 18. The van der Waals surface area contributed by atoms with E-state index >= 15 is 0 Å². The van der Waals surface area contributed by atoms with E-state index in [2.05, 4.69) is 65.8 Å². The Labute approximate surface area is 327 Å². The molecule has 0 bridgehead atoms. The van der Waals surface area contributed by atoms with Gasteiger partial charge in [-0.3, -0.25) is 0 Å². The first kappa shape index (κ1) is 45.1. The zero-order valence-electron chi connectivity index (χ0n) is 34.3. The predicted octanol–water partition coefficient (Wildman–Crippen LogP) is 9.04. The molecule has 1 heterocycles. The van der Waals surface area contributed by atoms with Crippen LogP contribution in [0.3, 0.4) is 0 Å². The van der Waals surface area contributed by atoms with Crippen LogP contribution >= 0.6 is 0 Å². The van der Waals surface area contributed by atoms with Gasteiger partial charge in [-0.25, -0.2) is 14.4 Å². The molecule has 3 rings (SSSR count). The van der Waals surface area contributed by atoms with E-state index in [-0.39, 0.29) is 10.8 Å². The van der Waals surface area contributed by atoms with Gasteiger partial charge in [0.25, 0.3) is 0 Å². The molecule has 1 saturated heterocycles. The first-order valence-electron chi connectivity index (χ1n) is 19.2. The summed E-state index contributed by atoms with van der Waals surface area (Å²) in [6, 6.07) is 0. The summed E-state index contributed by atoms with van der Waals surface area (Å²) in [6.45, 7) is 20.8. The lowest BCUT2D eigenvalue weighted by Gasteiger charge is -2.39. The number of carboxylic acid groups (broad SMARTS) is 1. The van der Waals surface area contributed by atoms with Crippen LogP contribution in [0.1, 0.15) is 108 Å². The Morgan fingerprint density at radius 3 is 1.53 bits per heavy atom. The molecule has 1 aliphatic heterocycles. The number of ether oxygens (including phenoxy) is 3. The van der Waals surface area contributed by atoms with Crippen molar-refractivity contribution >= 4 is 17.9 Å². The average Bonchev–Trinajstić information content (AvgIpc) is 3.06. The van der Waals surface area contributed by atoms with Crippen LogP contribution in [0.25, 0.3) is 0 Å². The van der Waals surface area contributed by atoms with Crippen molar-refractivity contribution in [2.45, 2.75) is 138 Å². The largest absolute Gasteiger partial charge is 0.479 e. The van der Waals surface area contributed by atoms with Gasteiger partial charge in [-0.15, -0.1) is 0 Å². The van der Waals surface area contributed by atoms with Crippen LogP contribution in [0.2, 0.25) is 0 Å². The fourth-order valence-corrected chi connectivity index (χ4v) is 7.31. The van der Waals surface area contributed by atoms with Gasteiger partial charge in [-0.05, 0) is 113 Å². The minimum absolute atomic E-state index is 0.137. The highest BCUT2D eigenvalue weighted by Gasteiger charge is 2.51. The van der Waals surface area contributed by atoms with Gasteiger partial charge in [0.15, 0.2) is 12.2 Å². The normalized spacial score (nSPS) is 27.2. The van der Waals surface area contributed by atoms with Crippen LogP contribution in [-0.4, -0.2) is 63.9 Å². The molecular weight excluding hydrogens is 696 g/mol. The molecule has 2 aliphatic carbocycles. The number of hydrogen-bond acceptors (Lipinski definition) is 8. The SMILES string of the molecule is CC(C=CC1=C(C)CCCC1(C)C)=CC=CC(C)=CC(=O)OC1O[C@H](C(=O)O)[C@@H](O)[C@H](O)[C@H]1OC(=O)C=C(C)C=CC=C(C)C=CC1=C(C)CCCC1(C)C. The minimum atomic E-state index is -1.95. The van der Waals surface area contributed by atoms with Gasteiger partial charge in [0.05, 0.1) is 0 Å². The van der Waals surface area contributed by atoms with Crippen LogP contribution in [-0.2, 0) is 28.6 Å². The number of aliphatic hydroxyl groups is 2. The highest BCUT2D eigenvalue weighted by Crippen LogP contribution is 2.42. The Morgan fingerprint density at radius 2 is 1.11 bits per heavy atom. The van der Waals surface area contributed by atoms with Crippen molar-refractivity contribution in [3.05, 3.63) is 117 Å². The molecule has 1 unspecified atom stereocenters. The summed E-state index contributed by atoms with van der Waals surface area (Å²) in [5.41, 5.74) is 8.90. The first-order chi connectivity index (χ1) is 25.7. The molecule has 0 radical (unpaired) electrons. The summed E-state index contributed by atoms with van der Waals surface area (Å²) < 4.78 is 16.1. The maximum atomic E-state index is 12.9. The molecule has 0 spiro atoms. The number of esters is 2. The summed E-state index contributed by atoms with van der Waals surface area (Å²) in [5, 5.41) is 30.8. The van der Waals surface area contributed by atoms with Crippen molar-refractivity contribution in [1.29, 1.82) is 0 Å². The van der Waals surface area contributed by atoms with Crippen LogP contribution in [0.5, 0.6) is 0 Å². The fourth-order valence-electron chi connectivity index (χ4n) is 7.31. The lowest BCUT2D eigenvalue weighted by atomic mass is 9.72. The molecule has 0 amide bonds. The third-order valence-electron chi connectivity index (χ3n) is 10.5. The molecule has 9 heteroatoms. The summed E-state index contributed by atoms with van der Waals surface area (Å²) in [7, 11) is 0. The molecule has 3 N–H and O–H groups in total. The summed E-state index contributed by atoms with van der Waals surface area (Å²) >= 11 is 0. The van der Waals surface area contributed by atoms with Crippen LogP contribution < -0.4 is 0 Å². The standard InChI is InChI=1S/C46H62O9/c1-29(21-23-35-33(5)19-13-25-45(35,7)8)15-11-17-31(3)27-37(47)53-42-40(50)39(49)41(43(51)52)55-44(42)54-38(48)28-32(4)18-12-16-30(2)22-24-36-34(6)20-14-26-46(36,9)10/h11-12,15-18,21-24,27-28,39-42,44,49-50H,13-14,19-20,25-26H2,1-10H3,(H,51,52)/t39-,40-,41-,42+,44?/m0/s1. The molecule has 300 valence electrons. The molecule has 9 nitrogen and oxygen atoms in total. The number of carbonyl (C=O) groups excluding carboxylic acids is 2.